The Bertz CT molecular complexity index is 303. The Labute approximate surface area is 136 Å². The van der Waals surface area contributed by atoms with E-state index < -0.39 is 6.04 Å². The van der Waals surface area contributed by atoms with E-state index in [2.05, 4.69) is 12.2 Å². The predicted molar refractivity (Wildman–Crippen MR) is 90.6 cm³/mol. The Morgan fingerprint density at radius 2 is 1.50 bits per heavy atom. The number of hydrogen-bond acceptors (Lipinski definition) is 3. The summed E-state index contributed by atoms with van der Waals surface area (Å²) in [5.41, 5.74) is 0. The normalized spacial score (nSPS) is 12.2. The third-order valence-electron chi connectivity index (χ3n) is 3.79. The molecule has 0 heterocycles. The van der Waals surface area contributed by atoms with E-state index >= 15 is 0 Å². The van der Waals surface area contributed by atoms with Gasteiger partial charge in [-0.1, -0.05) is 65.7 Å². The molecule has 0 aliphatic carbocycles. The third-order valence-corrected chi connectivity index (χ3v) is 3.79. The summed E-state index contributed by atoms with van der Waals surface area (Å²) in [6, 6.07) is -0.508. The van der Waals surface area contributed by atoms with Crippen molar-refractivity contribution < 1.29 is 14.3 Å². The lowest BCUT2D eigenvalue weighted by molar-refractivity contribution is -0.145. The molecule has 0 radical (unpaired) electrons. The summed E-state index contributed by atoms with van der Waals surface area (Å²) in [5.74, 6) is -0.0486. The van der Waals surface area contributed by atoms with E-state index in [9.17, 15) is 9.59 Å². The first-order valence-corrected chi connectivity index (χ1v) is 8.88. The number of hydrogen-bond donors (Lipinski definition) is 1. The molecule has 0 spiro atoms. The van der Waals surface area contributed by atoms with Crippen LogP contribution in [-0.2, 0) is 14.3 Å². The second-order valence-electron chi connectivity index (χ2n) is 6.50. The molecule has 4 nitrogen and oxygen atoms in total. The Hall–Kier alpha value is -1.06. The van der Waals surface area contributed by atoms with Gasteiger partial charge in [0.1, 0.15) is 6.04 Å². The van der Waals surface area contributed by atoms with Gasteiger partial charge in [-0.05, 0) is 18.8 Å². The fourth-order valence-electron chi connectivity index (χ4n) is 2.51. The van der Waals surface area contributed by atoms with Crippen LogP contribution < -0.4 is 5.32 Å². The van der Waals surface area contributed by atoms with Gasteiger partial charge in [-0.25, -0.2) is 4.79 Å². The molecule has 0 bridgehead atoms. The van der Waals surface area contributed by atoms with Crippen LogP contribution in [0.15, 0.2) is 0 Å². The van der Waals surface area contributed by atoms with Crippen LogP contribution in [0.1, 0.15) is 85.0 Å². The van der Waals surface area contributed by atoms with Gasteiger partial charge < -0.3 is 10.1 Å². The van der Waals surface area contributed by atoms with Crippen molar-refractivity contribution >= 4 is 11.9 Å². The summed E-state index contributed by atoms with van der Waals surface area (Å²) in [4.78, 5) is 23.6. The maximum Gasteiger partial charge on any atom is 0.328 e. The zero-order valence-electron chi connectivity index (χ0n) is 15.0. The molecule has 4 heteroatoms. The fourth-order valence-corrected chi connectivity index (χ4v) is 2.51. The number of amides is 1. The second-order valence-corrected chi connectivity index (χ2v) is 6.50. The Morgan fingerprint density at radius 3 is 2.00 bits per heavy atom. The standard InChI is InChI=1S/C18H35NO3/c1-5-6-7-8-9-10-11-12-13-17(20)19-16(14-15(2)3)18(21)22-4/h15-16H,5-14H2,1-4H3,(H,19,20)/t16-/m0/s1. The van der Waals surface area contributed by atoms with Crippen LogP contribution in [-0.4, -0.2) is 25.0 Å². The van der Waals surface area contributed by atoms with Gasteiger partial charge >= 0.3 is 5.97 Å². The molecule has 22 heavy (non-hydrogen) atoms. The van der Waals surface area contributed by atoms with Gasteiger partial charge in [0.25, 0.3) is 0 Å². The summed E-state index contributed by atoms with van der Waals surface area (Å²) < 4.78 is 4.75. The van der Waals surface area contributed by atoms with Crippen LogP contribution in [0.4, 0.5) is 0 Å². The molecule has 1 N–H and O–H groups in total. The van der Waals surface area contributed by atoms with Crippen molar-refractivity contribution in [2.75, 3.05) is 7.11 Å². The van der Waals surface area contributed by atoms with Crippen molar-refractivity contribution in [1.82, 2.24) is 5.32 Å². The van der Waals surface area contributed by atoms with Crippen molar-refractivity contribution in [3.05, 3.63) is 0 Å². The lowest BCUT2D eigenvalue weighted by Gasteiger charge is -2.18. The summed E-state index contributed by atoms with van der Waals surface area (Å²) in [6.07, 6.45) is 10.8. The van der Waals surface area contributed by atoms with Crippen LogP contribution in [0, 0.1) is 5.92 Å². The molecule has 0 unspecified atom stereocenters. The Kier molecular flexibility index (Phi) is 12.9. The summed E-state index contributed by atoms with van der Waals surface area (Å²) in [5, 5.41) is 2.80. The lowest BCUT2D eigenvalue weighted by atomic mass is 10.0. The first-order valence-electron chi connectivity index (χ1n) is 8.88. The van der Waals surface area contributed by atoms with E-state index in [0.29, 0.717) is 18.8 Å². The number of methoxy groups -OCH3 is 1. The highest BCUT2D eigenvalue weighted by molar-refractivity contribution is 5.84. The molecule has 0 aromatic heterocycles. The smallest absolute Gasteiger partial charge is 0.328 e. The van der Waals surface area contributed by atoms with Crippen LogP contribution in [0.2, 0.25) is 0 Å². The minimum absolute atomic E-state index is 0.0398. The molecule has 0 rings (SSSR count). The summed E-state index contributed by atoms with van der Waals surface area (Å²) in [7, 11) is 1.36. The zero-order valence-corrected chi connectivity index (χ0v) is 15.0. The van der Waals surface area contributed by atoms with Gasteiger partial charge in [-0.15, -0.1) is 0 Å². The van der Waals surface area contributed by atoms with Gasteiger partial charge in [0.15, 0.2) is 0 Å². The lowest BCUT2D eigenvalue weighted by Crippen LogP contribution is -2.42. The van der Waals surface area contributed by atoms with Crippen LogP contribution >= 0.6 is 0 Å². The van der Waals surface area contributed by atoms with Crippen molar-refractivity contribution in [3.8, 4) is 0 Å². The van der Waals surface area contributed by atoms with Crippen LogP contribution in [0.25, 0.3) is 0 Å². The van der Waals surface area contributed by atoms with Crippen molar-refractivity contribution in [2.24, 2.45) is 5.92 Å². The Balaban J connectivity index is 3.79. The SMILES string of the molecule is CCCCCCCCCCC(=O)N[C@@H](CC(C)C)C(=O)OC. The molecule has 130 valence electrons. The van der Waals surface area contributed by atoms with Gasteiger partial charge in [0, 0.05) is 6.42 Å². The van der Waals surface area contributed by atoms with Crippen molar-refractivity contribution in [2.45, 2.75) is 91.0 Å². The predicted octanol–water partition coefficient (Wildman–Crippen LogP) is 4.22. The highest BCUT2D eigenvalue weighted by Gasteiger charge is 2.22. The molecule has 1 atom stereocenters. The van der Waals surface area contributed by atoms with Crippen molar-refractivity contribution in [1.29, 1.82) is 0 Å². The average molecular weight is 313 g/mol. The summed E-state index contributed by atoms with van der Waals surface area (Å²) in [6.45, 7) is 6.28. The molecule has 0 fully saturated rings. The molecular weight excluding hydrogens is 278 g/mol. The van der Waals surface area contributed by atoms with Gasteiger partial charge in [-0.3, -0.25) is 4.79 Å². The molecule has 0 aliphatic heterocycles. The van der Waals surface area contributed by atoms with Crippen LogP contribution in [0.3, 0.4) is 0 Å². The topological polar surface area (TPSA) is 55.4 Å². The van der Waals surface area contributed by atoms with Gasteiger partial charge in [-0.2, -0.15) is 0 Å². The highest BCUT2D eigenvalue weighted by Crippen LogP contribution is 2.10. The van der Waals surface area contributed by atoms with Crippen molar-refractivity contribution in [3.63, 3.8) is 0 Å². The number of ether oxygens (including phenoxy) is 1. The van der Waals surface area contributed by atoms with E-state index in [4.69, 9.17) is 4.74 Å². The highest BCUT2D eigenvalue weighted by atomic mass is 16.5. The van der Waals surface area contributed by atoms with E-state index in [1.54, 1.807) is 0 Å². The first kappa shape index (κ1) is 20.9. The maximum atomic E-state index is 11.9. The fraction of sp³-hybridized carbons (Fsp3) is 0.889. The zero-order chi connectivity index (χ0) is 16.8. The Morgan fingerprint density at radius 1 is 0.955 bits per heavy atom. The maximum absolute atomic E-state index is 11.9. The number of nitrogens with one attached hydrogen (secondary N) is 1. The number of unbranched alkanes of at least 4 members (excludes halogenated alkanes) is 7. The summed E-state index contributed by atoms with van der Waals surface area (Å²) >= 11 is 0. The van der Waals surface area contributed by atoms with Gasteiger partial charge in [0.05, 0.1) is 7.11 Å². The number of rotatable bonds is 13. The van der Waals surface area contributed by atoms with E-state index in [-0.39, 0.29) is 11.9 Å². The molecule has 0 aromatic rings. The number of esters is 1. The minimum Gasteiger partial charge on any atom is -0.467 e. The average Bonchev–Trinajstić information content (AvgIpc) is 2.48. The van der Waals surface area contributed by atoms with Gasteiger partial charge in [0.2, 0.25) is 5.91 Å². The molecule has 1 amide bonds. The minimum atomic E-state index is -0.508. The first-order chi connectivity index (χ1) is 10.5. The van der Waals surface area contributed by atoms with Crippen LogP contribution in [0.5, 0.6) is 0 Å². The molecule has 0 saturated heterocycles. The number of carbonyl (C=O) groups is 2. The molecular formula is C18H35NO3. The third kappa shape index (κ3) is 11.6. The van der Waals surface area contributed by atoms with E-state index in [1.807, 2.05) is 13.8 Å². The molecule has 0 aliphatic rings. The largest absolute Gasteiger partial charge is 0.467 e. The molecule has 0 aromatic carbocycles. The molecule has 0 saturated carbocycles. The number of carbonyl (C=O) groups excluding carboxylic acids is 2. The van der Waals surface area contributed by atoms with E-state index in [0.717, 1.165) is 12.8 Å². The monoisotopic (exact) mass is 313 g/mol. The quantitative estimate of drug-likeness (QED) is 0.409. The van der Waals surface area contributed by atoms with E-state index in [1.165, 1.54) is 45.6 Å². The second kappa shape index (κ2) is 13.6.